The summed E-state index contributed by atoms with van der Waals surface area (Å²) in [6, 6.07) is 51.2. The van der Waals surface area contributed by atoms with Gasteiger partial charge in [-0.25, -0.2) is 9.97 Å². The summed E-state index contributed by atoms with van der Waals surface area (Å²) in [5, 5.41) is 2.46. The second-order valence-corrected chi connectivity index (χ2v) is 10.7. The molecule has 5 aromatic carbocycles. The Morgan fingerprint density at radius 1 is 0.452 bits per heavy atom. The summed E-state index contributed by atoms with van der Waals surface area (Å²) in [6.45, 7) is 0. The van der Waals surface area contributed by atoms with E-state index < -0.39 is 0 Å². The molecule has 0 saturated carbocycles. The number of hydrogen-bond acceptors (Lipinski definition) is 2. The van der Waals surface area contributed by atoms with E-state index in [0.29, 0.717) is 0 Å². The molecule has 4 heteroatoms. The van der Waals surface area contributed by atoms with E-state index in [1.807, 2.05) is 12.1 Å². The van der Waals surface area contributed by atoms with Gasteiger partial charge >= 0.3 is 0 Å². The van der Waals surface area contributed by atoms with Crippen LogP contribution in [0.5, 0.6) is 0 Å². The van der Waals surface area contributed by atoms with Gasteiger partial charge in [0.1, 0.15) is 11.5 Å². The van der Waals surface area contributed by atoms with E-state index in [9.17, 15) is 0 Å². The van der Waals surface area contributed by atoms with Gasteiger partial charge in [0.25, 0.3) is 0 Å². The molecule has 0 radical (unpaired) electrons. The third kappa shape index (κ3) is 3.36. The van der Waals surface area contributed by atoms with Crippen molar-refractivity contribution in [1.29, 1.82) is 0 Å². The Balaban J connectivity index is 1.20. The summed E-state index contributed by atoms with van der Waals surface area (Å²) in [5.41, 5.74) is 12.1. The number of nitrogens with zero attached hydrogens (tertiary/aromatic N) is 4. The van der Waals surface area contributed by atoms with Crippen molar-refractivity contribution in [3.8, 4) is 39.5 Å². The first-order valence-electron chi connectivity index (χ1n) is 14.2. The highest BCUT2D eigenvalue weighted by Crippen LogP contribution is 2.39. The highest BCUT2D eigenvalue weighted by atomic mass is 15.1. The quantitative estimate of drug-likeness (QED) is 0.225. The van der Waals surface area contributed by atoms with E-state index in [0.717, 1.165) is 50.5 Å². The molecule has 0 fully saturated rings. The Labute approximate surface area is 242 Å². The van der Waals surface area contributed by atoms with Crippen LogP contribution in [0.15, 0.2) is 146 Å². The first-order chi connectivity index (χ1) is 20.8. The first kappa shape index (κ1) is 23.0. The maximum Gasteiger partial charge on any atom is 0.145 e. The number of imidazole rings is 2. The van der Waals surface area contributed by atoms with E-state index in [-0.39, 0.29) is 0 Å². The van der Waals surface area contributed by atoms with Gasteiger partial charge in [-0.05, 0) is 53.6 Å². The average molecular weight is 537 g/mol. The smallest absolute Gasteiger partial charge is 0.145 e. The van der Waals surface area contributed by atoms with Crippen LogP contribution in [0.25, 0.3) is 77.9 Å². The monoisotopic (exact) mass is 536 g/mol. The Hall–Kier alpha value is -5.74. The molecule has 4 heterocycles. The molecule has 0 saturated heterocycles. The van der Waals surface area contributed by atoms with Gasteiger partial charge in [-0.3, -0.25) is 8.97 Å². The van der Waals surface area contributed by atoms with Gasteiger partial charge in [0, 0.05) is 27.6 Å². The van der Waals surface area contributed by atoms with Crippen molar-refractivity contribution in [2.24, 2.45) is 0 Å². The van der Waals surface area contributed by atoms with E-state index in [2.05, 4.69) is 142 Å². The standard InChI is InChI=1S/C38H24N4/c1-3-10-26(11-4-1)36-37-31-24-28(20-23-30(31)33-16-9-17-35(40-36)42(33)37)25-18-21-29(22-19-25)41-34-15-8-7-14-32(34)39-38(41)27-12-5-2-6-13-27/h1-24H. The molecule has 0 aliphatic heterocycles. The lowest BCUT2D eigenvalue weighted by Gasteiger charge is -2.11. The molecule has 9 aromatic rings. The van der Waals surface area contributed by atoms with Crippen LogP contribution in [-0.2, 0) is 0 Å². The number of benzene rings is 5. The fourth-order valence-electron chi connectivity index (χ4n) is 6.36. The molecule has 0 atom stereocenters. The van der Waals surface area contributed by atoms with Gasteiger partial charge in [0.2, 0.25) is 0 Å². The van der Waals surface area contributed by atoms with Gasteiger partial charge < -0.3 is 0 Å². The zero-order valence-corrected chi connectivity index (χ0v) is 22.6. The highest BCUT2D eigenvalue weighted by molar-refractivity contribution is 6.14. The van der Waals surface area contributed by atoms with Crippen molar-refractivity contribution in [3.05, 3.63) is 146 Å². The predicted molar refractivity (Wildman–Crippen MR) is 172 cm³/mol. The largest absolute Gasteiger partial charge is 0.292 e. The normalized spacial score (nSPS) is 11.8. The lowest BCUT2D eigenvalue weighted by atomic mass is 10.0. The van der Waals surface area contributed by atoms with E-state index >= 15 is 0 Å². The zero-order valence-electron chi connectivity index (χ0n) is 22.6. The zero-order chi connectivity index (χ0) is 27.6. The van der Waals surface area contributed by atoms with Crippen LogP contribution < -0.4 is 0 Å². The third-order valence-electron chi connectivity index (χ3n) is 8.29. The molecule has 196 valence electrons. The number of aromatic nitrogens is 4. The Morgan fingerprint density at radius 3 is 1.95 bits per heavy atom. The van der Waals surface area contributed by atoms with E-state index in [1.165, 1.54) is 27.4 Å². The van der Waals surface area contributed by atoms with Gasteiger partial charge in [-0.2, -0.15) is 0 Å². The summed E-state index contributed by atoms with van der Waals surface area (Å²) in [6.07, 6.45) is 0. The van der Waals surface area contributed by atoms with Gasteiger partial charge in [-0.1, -0.05) is 103 Å². The van der Waals surface area contributed by atoms with Gasteiger partial charge in [-0.15, -0.1) is 0 Å². The molecule has 4 aromatic heterocycles. The molecular weight excluding hydrogens is 512 g/mol. The molecule has 0 N–H and O–H groups in total. The van der Waals surface area contributed by atoms with E-state index in [1.54, 1.807) is 0 Å². The van der Waals surface area contributed by atoms with Crippen molar-refractivity contribution >= 4 is 38.5 Å². The van der Waals surface area contributed by atoms with Gasteiger partial charge in [0.15, 0.2) is 0 Å². The summed E-state index contributed by atoms with van der Waals surface area (Å²) in [5.74, 6) is 0.943. The Kier molecular flexibility index (Phi) is 4.87. The minimum absolute atomic E-state index is 0.943. The van der Waals surface area contributed by atoms with Crippen molar-refractivity contribution in [3.63, 3.8) is 0 Å². The third-order valence-corrected chi connectivity index (χ3v) is 8.29. The number of fused-ring (bicyclic) bond motifs is 4. The molecule has 0 amide bonds. The average Bonchev–Trinajstić information content (AvgIpc) is 3.75. The van der Waals surface area contributed by atoms with Crippen LogP contribution in [0.3, 0.4) is 0 Å². The molecule has 4 nitrogen and oxygen atoms in total. The molecule has 0 bridgehead atoms. The minimum Gasteiger partial charge on any atom is -0.292 e. The maximum atomic E-state index is 5.05. The van der Waals surface area contributed by atoms with Crippen LogP contribution in [0, 0.1) is 0 Å². The number of pyridine rings is 1. The minimum atomic E-state index is 0.943. The summed E-state index contributed by atoms with van der Waals surface area (Å²) in [4.78, 5) is 10.0. The van der Waals surface area contributed by atoms with Crippen LogP contribution in [0.1, 0.15) is 0 Å². The lowest BCUT2D eigenvalue weighted by Crippen LogP contribution is -1.97. The van der Waals surface area contributed by atoms with Crippen molar-refractivity contribution in [2.45, 2.75) is 0 Å². The number of para-hydroxylation sites is 2. The first-order valence-corrected chi connectivity index (χ1v) is 14.2. The van der Waals surface area contributed by atoms with Crippen LogP contribution >= 0.6 is 0 Å². The molecular formula is C38H24N4. The lowest BCUT2D eigenvalue weighted by molar-refractivity contribution is 1.10. The second-order valence-electron chi connectivity index (χ2n) is 10.7. The Bertz CT molecular complexity index is 2380. The molecule has 0 unspecified atom stereocenters. The van der Waals surface area contributed by atoms with Crippen LogP contribution in [0.4, 0.5) is 0 Å². The summed E-state index contributed by atoms with van der Waals surface area (Å²) in [7, 11) is 0. The van der Waals surface area contributed by atoms with Crippen molar-refractivity contribution in [2.75, 3.05) is 0 Å². The van der Waals surface area contributed by atoms with Crippen LogP contribution in [0.2, 0.25) is 0 Å². The van der Waals surface area contributed by atoms with Crippen LogP contribution in [-0.4, -0.2) is 18.9 Å². The SMILES string of the molecule is c1ccc(-c2nc3cccc4c5ccc(-c6ccc(-n7c(-c8ccccc8)nc8ccccc87)cc6)cc5c2n34)cc1. The predicted octanol–water partition coefficient (Wildman–Crippen LogP) is 9.42. The molecule has 0 spiro atoms. The second kappa shape index (κ2) is 8.88. The molecule has 0 aliphatic carbocycles. The topological polar surface area (TPSA) is 35.1 Å². The van der Waals surface area contributed by atoms with Crippen molar-refractivity contribution < 1.29 is 0 Å². The Morgan fingerprint density at radius 2 is 1.14 bits per heavy atom. The molecule has 42 heavy (non-hydrogen) atoms. The fourth-order valence-corrected chi connectivity index (χ4v) is 6.36. The van der Waals surface area contributed by atoms with Crippen molar-refractivity contribution in [1.82, 2.24) is 18.9 Å². The highest BCUT2D eigenvalue weighted by Gasteiger charge is 2.19. The molecule has 0 aliphatic rings. The summed E-state index contributed by atoms with van der Waals surface area (Å²) < 4.78 is 4.55. The molecule has 9 rings (SSSR count). The number of hydrogen-bond donors (Lipinski definition) is 0. The fraction of sp³-hybridized carbons (Fsp3) is 0. The van der Waals surface area contributed by atoms with E-state index in [4.69, 9.17) is 9.97 Å². The maximum absolute atomic E-state index is 5.05. The summed E-state index contributed by atoms with van der Waals surface area (Å²) >= 11 is 0. The van der Waals surface area contributed by atoms with Gasteiger partial charge in [0.05, 0.1) is 27.8 Å². The number of rotatable bonds is 4.